The summed E-state index contributed by atoms with van der Waals surface area (Å²) in [4.78, 5) is 4.17. The van der Waals surface area contributed by atoms with Gasteiger partial charge in [-0.1, -0.05) is 18.2 Å². The third-order valence-corrected chi connectivity index (χ3v) is 3.28. The molecule has 0 bridgehead atoms. The molecule has 0 radical (unpaired) electrons. The number of nitrogens with zero attached hydrogens (tertiary/aromatic N) is 2. The topological polar surface area (TPSA) is 47.3 Å². The zero-order valence-corrected chi connectivity index (χ0v) is 11.7. The van der Waals surface area contributed by atoms with Crippen LogP contribution in [0.1, 0.15) is 17.0 Å². The lowest BCUT2D eigenvalue weighted by Gasteiger charge is -2.13. The van der Waals surface area contributed by atoms with Gasteiger partial charge in [-0.05, 0) is 19.9 Å². The van der Waals surface area contributed by atoms with Gasteiger partial charge in [-0.15, -0.1) is 0 Å². The lowest BCUT2D eigenvalue weighted by atomic mass is 10.2. The second-order valence-corrected chi connectivity index (χ2v) is 4.83. The van der Waals surface area contributed by atoms with Gasteiger partial charge in [0.05, 0.1) is 37.9 Å². The molecule has 1 atom stereocenters. The van der Waals surface area contributed by atoms with Crippen molar-refractivity contribution in [1.29, 1.82) is 0 Å². The highest BCUT2D eigenvalue weighted by Crippen LogP contribution is 2.09. The molecule has 0 aliphatic heterocycles. The van der Waals surface area contributed by atoms with Crippen molar-refractivity contribution in [1.82, 2.24) is 9.55 Å². The van der Waals surface area contributed by atoms with Crippen molar-refractivity contribution in [3.8, 4) is 0 Å². The summed E-state index contributed by atoms with van der Waals surface area (Å²) in [6.07, 6.45) is 1.05. The van der Waals surface area contributed by atoms with Crippen LogP contribution in [-0.2, 0) is 17.9 Å². The molecule has 1 N–H and O–H groups in total. The Morgan fingerprint density at radius 3 is 2.75 bits per heavy atom. The van der Waals surface area contributed by atoms with E-state index in [1.54, 1.807) is 24.5 Å². The van der Waals surface area contributed by atoms with Crippen molar-refractivity contribution < 1.29 is 14.2 Å². The summed E-state index contributed by atoms with van der Waals surface area (Å²) in [5, 5.41) is 9.92. The number of aliphatic hydroxyl groups is 1. The molecule has 20 heavy (non-hydrogen) atoms. The molecule has 108 valence electrons. The number of aryl methyl sites for hydroxylation is 1. The molecule has 1 unspecified atom stereocenters. The van der Waals surface area contributed by atoms with Gasteiger partial charge in [0.15, 0.2) is 0 Å². The maximum Gasteiger partial charge on any atom is 0.128 e. The highest BCUT2D eigenvalue weighted by atomic mass is 19.1. The standard InChI is InChI=1S/C15H19FN2O2/c1-11-12(2)18(10-17-11)7-14(19)9-20-8-13-5-3-4-6-15(13)16/h3-6,10,14,19H,7-9H2,1-2H3. The summed E-state index contributed by atoms with van der Waals surface area (Å²) in [6.45, 7) is 4.61. The van der Waals surface area contributed by atoms with Gasteiger partial charge in [0, 0.05) is 11.3 Å². The fourth-order valence-electron chi connectivity index (χ4n) is 1.93. The van der Waals surface area contributed by atoms with Gasteiger partial charge in [-0.25, -0.2) is 9.37 Å². The Morgan fingerprint density at radius 2 is 2.10 bits per heavy atom. The second kappa shape index (κ2) is 6.63. The van der Waals surface area contributed by atoms with Crippen LogP contribution in [0.4, 0.5) is 4.39 Å². The summed E-state index contributed by atoms with van der Waals surface area (Å²) >= 11 is 0. The number of benzene rings is 1. The van der Waals surface area contributed by atoms with E-state index >= 15 is 0 Å². The Bertz CT molecular complexity index is 569. The molecule has 0 aliphatic carbocycles. The lowest BCUT2D eigenvalue weighted by molar-refractivity contribution is 0.0192. The minimum atomic E-state index is -0.644. The summed E-state index contributed by atoms with van der Waals surface area (Å²) in [5.41, 5.74) is 2.47. The summed E-state index contributed by atoms with van der Waals surface area (Å²) in [5.74, 6) is -0.289. The minimum Gasteiger partial charge on any atom is -0.389 e. The molecular weight excluding hydrogens is 259 g/mol. The molecule has 1 aromatic heterocycles. The molecule has 0 saturated heterocycles. The summed E-state index contributed by atoms with van der Waals surface area (Å²) in [7, 11) is 0. The Labute approximate surface area is 117 Å². The molecule has 0 spiro atoms. The Balaban J connectivity index is 1.80. The highest BCUT2D eigenvalue weighted by molar-refractivity contribution is 5.16. The van der Waals surface area contributed by atoms with Crippen molar-refractivity contribution >= 4 is 0 Å². The molecule has 0 saturated carbocycles. The maximum absolute atomic E-state index is 13.4. The summed E-state index contributed by atoms with van der Waals surface area (Å²) in [6, 6.07) is 6.46. The number of rotatable bonds is 6. The van der Waals surface area contributed by atoms with Crippen LogP contribution in [-0.4, -0.2) is 27.4 Å². The molecule has 0 aliphatic rings. The van der Waals surface area contributed by atoms with E-state index in [4.69, 9.17) is 4.74 Å². The van der Waals surface area contributed by atoms with Crippen molar-refractivity contribution in [3.63, 3.8) is 0 Å². The highest BCUT2D eigenvalue weighted by Gasteiger charge is 2.09. The third kappa shape index (κ3) is 3.65. The van der Waals surface area contributed by atoms with Crippen molar-refractivity contribution in [2.45, 2.75) is 33.1 Å². The van der Waals surface area contributed by atoms with Crippen molar-refractivity contribution in [3.05, 3.63) is 53.4 Å². The number of hydrogen-bond donors (Lipinski definition) is 1. The van der Waals surface area contributed by atoms with E-state index in [9.17, 15) is 9.50 Å². The average Bonchev–Trinajstić information content (AvgIpc) is 2.73. The van der Waals surface area contributed by atoms with Crippen LogP contribution >= 0.6 is 0 Å². The minimum absolute atomic E-state index is 0.158. The fourth-order valence-corrected chi connectivity index (χ4v) is 1.93. The van der Waals surface area contributed by atoms with E-state index < -0.39 is 6.10 Å². The van der Waals surface area contributed by atoms with Crippen LogP contribution in [0, 0.1) is 19.7 Å². The quantitative estimate of drug-likeness (QED) is 0.881. The predicted molar refractivity (Wildman–Crippen MR) is 73.8 cm³/mol. The number of ether oxygens (including phenoxy) is 1. The van der Waals surface area contributed by atoms with Crippen molar-refractivity contribution in [2.24, 2.45) is 0 Å². The molecular formula is C15H19FN2O2. The van der Waals surface area contributed by atoms with E-state index in [2.05, 4.69) is 4.98 Å². The van der Waals surface area contributed by atoms with Gasteiger partial charge in [-0.2, -0.15) is 0 Å². The molecule has 4 nitrogen and oxygen atoms in total. The van der Waals surface area contributed by atoms with E-state index in [0.717, 1.165) is 11.4 Å². The Kier molecular flexibility index (Phi) is 4.87. The first-order valence-electron chi connectivity index (χ1n) is 6.55. The maximum atomic E-state index is 13.4. The molecule has 1 aromatic carbocycles. The van der Waals surface area contributed by atoms with E-state index in [0.29, 0.717) is 12.1 Å². The van der Waals surface area contributed by atoms with Crippen LogP contribution in [0.5, 0.6) is 0 Å². The predicted octanol–water partition coefficient (Wildman–Crippen LogP) is 2.22. The smallest absolute Gasteiger partial charge is 0.128 e. The van der Waals surface area contributed by atoms with Gasteiger partial charge in [0.1, 0.15) is 5.82 Å². The largest absolute Gasteiger partial charge is 0.389 e. The Morgan fingerprint density at radius 1 is 1.35 bits per heavy atom. The number of hydrogen-bond acceptors (Lipinski definition) is 3. The number of imidazole rings is 1. The van der Waals surface area contributed by atoms with Gasteiger partial charge < -0.3 is 14.4 Å². The second-order valence-electron chi connectivity index (χ2n) is 4.83. The fraction of sp³-hybridized carbons (Fsp3) is 0.400. The number of aromatic nitrogens is 2. The van der Waals surface area contributed by atoms with Crippen LogP contribution in [0.2, 0.25) is 0 Å². The van der Waals surface area contributed by atoms with Crippen molar-refractivity contribution in [2.75, 3.05) is 6.61 Å². The molecule has 2 rings (SSSR count). The average molecular weight is 278 g/mol. The van der Waals surface area contributed by atoms with Crippen LogP contribution in [0.25, 0.3) is 0 Å². The number of aliphatic hydroxyl groups excluding tert-OH is 1. The molecule has 0 amide bonds. The zero-order valence-electron chi connectivity index (χ0n) is 11.7. The van der Waals surface area contributed by atoms with Crippen LogP contribution < -0.4 is 0 Å². The van der Waals surface area contributed by atoms with Gasteiger partial charge in [0.2, 0.25) is 0 Å². The third-order valence-electron chi connectivity index (χ3n) is 3.28. The monoisotopic (exact) mass is 278 g/mol. The molecule has 0 fully saturated rings. The number of halogens is 1. The molecule has 1 heterocycles. The van der Waals surface area contributed by atoms with Crippen LogP contribution in [0.15, 0.2) is 30.6 Å². The Hall–Kier alpha value is -1.72. The van der Waals surface area contributed by atoms with E-state index in [-0.39, 0.29) is 19.0 Å². The van der Waals surface area contributed by atoms with Crippen LogP contribution in [0.3, 0.4) is 0 Å². The first-order chi connectivity index (χ1) is 9.58. The first kappa shape index (κ1) is 14.7. The normalized spacial score (nSPS) is 12.6. The van der Waals surface area contributed by atoms with E-state index in [1.807, 2.05) is 18.4 Å². The lowest BCUT2D eigenvalue weighted by Crippen LogP contribution is -2.22. The van der Waals surface area contributed by atoms with Gasteiger partial charge in [-0.3, -0.25) is 0 Å². The van der Waals surface area contributed by atoms with Gasteiger partial charge >= 0.3 is 0 Å². The zero-order chi connectivity index (χ0) is 14.5. The van der Waals surface area contributed by atoms with E-state index in [1.165, 1.54) is 6.07 Å². The molecule has 2 aromatic rings. The SMILES string of the molecule is Cc1ncn(CC(O)COCc2ccccc2F)c1C. The molecule has 5 heteroatoms. The van der Waals surface area contributed by atoms with Gasteiger partial charge in [0.25, 0.3) is 0 Å². The first-order valence-corrected chi connectivity index (χ1v) is 6.55. The summed E-state index contributed by atoms with van der Waals surface area (Å²) < 4.78 is 20.6.